The van der Waals surface area contributed by atoms with Crippen LogP contribution in [0.4, 0.5) is 5.82 Å². The molecule has 0 bridgehead atoms. The fourth-order valence-corrected chi connectivity index (χ4v) is 4.55. The van der Waals surface area contributed by atoms with E-state index in [1.807, 2.05) is 6.20 Å². The Morgan fingerprint density at radius 2 is 2.03 bits per heavy atom. The van der Waals surface area contributed by atoms with Crippen molar-refractivity contribution >= 4 is 23.1 Å². The van der Waals surface area contributed by atoms with Gasteiger partial charge in [0.2, 0.25) is 0 Å². The van der Waals surface area contributed by atoms with E-state index < -0.39 is 0 Å². The van der Waals surface area contributed by atoms with Crippen LogP contribution in [-0.4, -0.2) is 29.4 Å². The summed E-state index contributed by atoms with van der Waals surface area (Å²) in [7, 11) is 0. The lowest BCUT2D eigenvalue weighted by molar-refractivity contribution is 0.460. The highest BCUT2D eigenvalue weighted by molar-refractivity contribution is 5.92. The fraction of sp³-hybridized carbons (Fsp3) is 0.417. The van der Waals surface area contributed by atoms with Gasteiger partial charge < -0.3 is 16.0 Å². The van der Waals surface area contributed by atoms with Gasteiger partial charge in [0.15, 0.2) is 5.82 Å². The average molecular weight is 390 g/mol. The molecule has 0 spiro atoms. The monoisotopic (exact) mass is 389 g/mol. The van der Waals surface area contributed by atoms with Crippen molar-refractivity contribution in [3.63, 3.8) is 0 Å². The zero-order chi connectivity index (χ0) is 20.4. The van der Waals surface area contributed by atoms with Gasteiger partial charge in [-0.3, -0.25) is 0 Å². The summed E-state index contributed by atoms with van der Waals surface area (Å²) in [5.74, 6) is 1.77. The van der Waals surface area contributed by atoms with Crippen LogP contribution in [0.2, 0.25) is 0 Å². The number of hydrogen-bond donors (Lipinski definition) is 3. The SMILES string of the molecule is CCc1cc(-c2[nH]c3ccc(C4CCNCC4)cc3c2C(C)C)cnc1/N=C\N. The van der Waals surface area contributed by atoms with Gasteiger partial charge in [0.05, 0.1) is 12.0 Å². The molecule has 5 nitrogen and oxygen atoms in total. The number of H-pyrrole nitrogens is 1. The van der Waals surface area contributed by atoms with E-state index >= 15 is 0 Å². The molecule has 0 unspecified atom stereocenters. The van der Waals surface area contributed by atoms with Gasteiger partial charge in [0.25, 0.3) is 0 Å². The van der Waals surface area contributed by atoms with Crippen molar-refractivity contribution in [3.05, 3.63) is 47.2 Å². The minimum atomic E-state index is 0.411. The average Bonchev–Trinajstić information content (AvgIpc) is 3.14. The number of aliphatic imine (C=N–C) groups is 1. The van der Waals surface area contributed by atoms with Gasteiger partial charge in [-0.05, 0) is 79.1 Å². The molecule has 1 aromatic carbocycles. The van der Waals surface area contributed by atoms with Crippen LogP contribution in [0.15, 0.2) is 35.5 Å². The van der Waals surface area contributed by atoms with Gasteiger partial charge in [-0.25, -0.2) is 9.98 Å². The summed E-state index contributed by atoms with van der Waals surface area (Å²) in [6.07, 6.45) is 6.52. The quantitative estimate of drug-likeness (QED) is 0.424. The van der Waals surface area contributed by atoms with Gasteiger partial charge in [-0.1, -0.05) is 26.8 Å². The van der Waals surface area contributed by atoms with Crippen molar-refractivity contribution in [3.8, 4) is 11.3 Å². The Labute approximate surface area is 172 Å². The van der Waals surface area contributed by atoms with Crippen LogP contribution in [0.1, 0.15) is 62.1 Å². The lowest BCUT2D eigenvalue weighted by atomic mass is 9.88. The first-order valence-corrected chi connectivity index (χ1v) is 10.7. The lowest BCUT2D eigenvalue weighted by Crippen LogP contribution is -2.26. The number of piperidine rings is 1. The summed E-state index contributed by atoms with van der Waals surface area (Å²) in [4.78, 5) is 12.5. The standard InChI is InChI=1S/C24H31N5/c1-4-16-11-19(13-27-24(16)28-14-25)23-22(15(2)3)20-12-18(5-6-21(20)29-23)17-7-9-26-10-8-17/h5-6,11-15,17,26,29H,4,7-10H2,1-3H3,(H2,25,27,28). The number of aromatic nitrogens is 2. The highest BCUT2D eigenvalue weighted by Crippen LogP contribution is 2.38. The molecule has 5 heteroatoms. The first-order chi connectivity index (χ1) is 14.1. The number of nitrogens with one attached hydrogen (secondary N) is 2. The molecule has 3 heterocycles. The molecule has 1 aliphatic heterocycles. The maximum Gasteiger partial charge on any atom is 0.156 e. The third-order valence-corrected chi connectivity index (χ3v) is 6.06. The number of nitrogens with two attached hydrogens (primary N) is 1. The largest absolute Gasteiger partial charge is 0.390 e. The summed E-state index contributed by atoms with van der Waals surface area (Å²) in [5, 5.41) is 4.81. The number of fused-ring (bicyclic) bond motifs is 1. The molecule has 3 aromatic rings. The topological polar surface area (TPSA) is 79.1 Å². The van der Waals surface area contributed by atoms with E-state index in [1.165, 1.54) is 46.9 Å². The number of pyridine rings is 1. The second kappa shape index (κ2) is 8.37. The van der Waals surface area contributed by atoms with Gasteiger partial charge in [-0.15, -0.1) is 0 Å². The summed E-state index contributed by atoms with van der Waals surface area (Å²) >= 11 is 0. The van der Waals surface area contributed by atoms with Crippen molar-refractivity contribution < 1.29 is 0 Å². The van der Waals surface area contributed by atoms with E-state index in [-0.39, 0.29) is 0 Å². The van der Waals surface area contributed by atoms with Crippen LogP contribution in [0.5, 0.6) is 0 Å². The molecule has 4 rings (SSSR count). The Hall–Kier alpha value is -2.66. The number of rotatable bonds is 5. The first-order valence-electron chi connectivity index (χ1n) is 10.7. The van der Waals surface area contributed by atoms with Gasteiger partial charge in [-0.2, -0.15) is 0 Å². The summed E-state index contributed by atoms with van der Waals surface area (Å²) in [5.41, 5.74) is 12.9. The van der Waals surface area contributed by atoms with E-state index in [0.717, 1.165) is 30.6 Å². The molecule has 1 saturated heterocycles. The third kappa shape index (κ3) is 3.79. The minimum absolute atomic E-state index is 0.411. The Bertz CT molecular complexity index is 1030. The van der Waals surface area contributed by atoms with E-state index in [9.17, 15) is 0 Å². The van der Waals surface area contributed by atoms with Gasteiger partial charge in [0.1, 0.15) is 0 Å². The summed E-state index contributed by atoms with van der Waals surface area (Å²) in [6, 6.07) is 9.17. The normalized spacial score (nSPS) is 15.7. The number of hydrogen-bond acceptors (Lipinski definition) is 3. The molecule has 152 valence electrons. The maximum atomic E-state index is 5.48. The zero-order valence-electron chi connectivity index (χ0n) is 17.6. The lowest BCUT2D eigenvalue weighted by Gasteiger charge is -2.23. The van der Waals surface area contributed by atoms with Crippen LogP contribution in [-0.2, 0) is 6.42 Å². The van der Waals surface area contributed by atoms with Gasteiger partial charge in [0, 0.05) is 22.7 Å². The van der Waals surface area contributed by atoms with Crippen LogP contribution in [0, 0.1) is 0 Å². The maximum absolute atomic E-state index is 5.48. The molecule has 2 aromatic heterocycles. The minimum Gasteiger partial charge on any atom is -0.390 e. The summed E-state index contributed by atoms with van der Waals surface area (Å²) < 4.78 is 0. The van der Waals surface area contributed by atoms with Crippen LogP contribution >= 0.6 is 0 Å². The number of nitrogens with zero attached hydrogens (tertiary/aromatic N) is 2. The predicted octanol–water partition coefficient (Wildman–Crippen LogP) is 5.00. The molecular weight excluding hydrogens is 358 g/mol. The Morgan fingerprint density at radius 1 is 1.24 bits per heavy atom. The fourth-order valence-electron chi connectivity index (χ4n) is 4.55. The van der Waals surface area contributed by atoms with Crippen LogP contribution in [0.25, 0.3) is 22.2 Å². The smallest absolute Gasteiger partial charge is 0.156 e. The molecule has 4 N–H and O–H groups in total. The predicted molar refractivity (Wildman–Crippen MR) is 122 cm³/mol. The van der Waals surface area contributed by atoms with Crippen LogP contribution < -0.4 is 11.1 Å². The van der Waals surface area contributed by atoms with Crippen molar-refractivity contribution in [2.75, 3.05) is 13.1 Å². The molecule has 0 aliphatic carbocycles. The Kier molecular flexibility index (Phi) is 5.67. The van der Waals surface area contributed by atoms with Crippen molar-refractivity contribution in [1.82, 2.24) is 15.3 Å². The van der Waals surface area contributed by atoms with Crippen molar-refractivity contribution in [1.29, 1.82) is 0 Å². The molecule has 1 fully saturated rings. The third-order valence-electron chi connectivity index (χ3n) is 6.06. The molecule has 0 radical (unpaired) electrons. The molecule has 0 saturated carbocycles. The first kappa shape index (κ1) is 19.6. The zero-order valence-corrected chi connectivity index (χ0v) is 17.6. The van der Waals surface area contributed by atoms with Crippen LogP contribution in [0.3, 0.4) is 0 Å². The highest BCUT2D eigenvalue weighted by atomic mass is 14.9. The molecule has 0 amide bonds. The second-order valence-electron chi connectivity index (χ2n) is 8.24. The molecule has 0 atom stereocenters. The molecular formula is C24H31N5. The second-order valence-corrected chi connectivity index (χ2v) is 8.24. The van der Waals surface area contributed by atoms with E-state index in [1.54, 1.807) is 0 Å². The van der Waals surface area contributed by atoms with E-state index in [4.69, 9.17) is 5.73 Å². The van der Waals surface area contributed by atoms with Gasteiger partial charge >= 0.3 is 0 Å². The summed E-state index contributed by atoms with van der Waals surface area (Å²) in [6.45, 7) is 8.88. The molecule has 29 heavy (non-hydrogen) atoms. The number of aryl methyl sites for hydroxylation is 1. The van der Waals surface area contributed by atoms with E-state index in [0.29, 0.717) is 17.7 Å². The van der Waals surface area contributed by atoms with E-state index in [2.05, 4.69) is 65.3 Å². The number of benzene rings is 1. The van der Waals surface area contributed by atoms with Crippen molar-refractivity contribution in [2.24, 2.45) is 10.7 Å². The number of aromatic amines is 1. The Balaban J connectivity index is 1.83. The highest BCUT2D eigenvalue weighted by Gasteiger charge is 2.20. The van der Waals surface area contributed by atoms with Crippen molar-refractivity contribution in [2.45, 2.75) is 51.9 Å². The Morgan fingerprint density at radius 3 is 2.72 bits per heavy atom. The molecule has 1 aliphatic rings.